The molecule has 0 saturated heterocycles. The van der Waals surface area contributed by atoms with Gasteiger partial charge in [0, 0.05) is 37.1 Å². The number of nitrogens with zero attached hydrogens (tertiary/aromatic N) is 1. The summed E-state index contributed by atoms with van der Waals surface area (Å²) in [5.41, 5.74) is 1.32. The Hall–Kier alpha value is -0.340. The van der Waals surface area contributed by atoms with Crippen LogP contribution in [0.2, 0.25) is 0 Å². The van der Waals surface area contributed by atoms with E-state index in [1.54, 1.807) is 14.2 Å². The summed E-state index contributed by atoms with van der Waals surface area (Å²) < 4.78 is 6.11. The molecule has 0 aromatic heterocycles. The van der Waals surface area contributed by atoms with Gasteiger partial charge in [-0.1, -0.05) is 41.9 Å². The Bertz CT molecular complexity index is 435. The maximum atomic E-state index is 5.01. The quantitative estimate of drug-likeness (QED) is 0.291. The summed E-state index contributed by atoms with van der Waals surface area (Å²) in [7, 11) is 3.46. The second kappa shape index (κ2) is 10.4. The molecule has 6 heteroatoms. The molecule has 0 atom stereocenters. The van der Waals surface area contributed by atoms with Crippen molar-refractivity contribution in [1.82, 2.24) is 10.6 Å². The average molecular weight is 470 g/mol. The van der Waals surface area contributed by atoms with Crippen LogP contribution < -0.4 is 10.6 Å². The zero-order valence-electron chi connectivity index (χ0n) is 13.1. The highest BCUT2D eigenvalue weighted by Gasteiger charge is 2.20. The van der Waals surface area contributed by atoms with E-state index in [4.69, 9.17) is 4.74 Å². The van der Waals surface area contributed by atoms with Gasteiger partial charge >= 0.3 is 0 Å². The minimum Gasteiger partial charge on any atom is -0.383 e. The molecule has 4 nitrogen and oxygen atoms in total. The molecule has 2 N–H and O–H groups in total. The number of guanidine groups is 1. The second-order valence-electron chi connectivity index (χ2n) is 5.24. The Balaban J connectivity index is 0.00000400. The predicted molar refractivity (Wildman–Crippen MR) is 104 cm³/mol. The third-order valence-corrected chi connectivity index (χ3v) is 3.67. The van der Waals surface area contributed by atoms with Crippen molar-refractivity contribution in [2.45, 2.75) is 19.3 Å². The number of hydrogen-bond acceptors (Lipinski definition) is 2. The lowest BCUT2D eigenvalue weighted by atomic mass is 9.85. The van der Waals surface area contributed by atoms with Crippen LogP contribution in [0.25, 0.3) is 0 Å². The number of hydrogen-bond donors (Lipinski definition) is 2. The van der Waals surface area contributed by atoms with E-state index in [2.05, 4.69) is 69.7 Å². The summed E-state index contributed by atoms with van der Waals surface area (Å²) in [6.45, 7) is 6.64. The van der Waals surface area contributed by atoms with Gasteiger partial charge < -0.3 is 15.4 Å². The molecule has 1 aromatic carbocycles. The summed E-state index contributed by atoms with van der Waals surface area (Å²) in [5, 5.41) is 6.56. The smallest absolute Gasteiger partial charge is 0.191 e. The molecule has 0 aliphatic heterocycles. The molecule has 0 saturated carbocycles. The number of benzene rings is 1. The van der Waals surface area contributed by atoms with Crippen molar-refractivity contribution in [2.75, 3.05) is 33.9 Å². The number of halogens is 2. The molecule has 0 fully saturated rings. The largest absolute Gasteiger partial charge is 0.383 e. The molecule has 0 aliphatic rings. The van der Waals surface area contributed by atoms with E-state index in [-0.39, 0.29) is 29.4 Å². The number of aliphatic imine (C=N–C) groups is 1. The Labute approximate surface area is 153 Å². The van der Waals surface area contributed by atoms with Gasteiger partial charge in [-0.05, 0) is 17.7 Å². The van der Waals surface area contributed by atoms with Gasteiger partial charge in [0.25, 0.3) is 0 Å². The maximum absolute atomic E-state index is 5.01. The monoisotopic (exact) mass is 469 g/mol. The van der Waals surface area contributed by atoms with Gasteiger partial charge in [-0.25, -0.2) is 0 Å². The first-order valence-corrected chi connectivity index (χ1v) is 7.48. The summed E-state index contributed by atoms with van der Waals surface area (Å²) >= 11 is 3.46. The van der Waals surface area contributed by atoms with Crippen LogP contribution in [-0.4, -0.2) is 39.8 Å². The molecule has 1 rings (SSSR count). The first-order valence-electron chi connectivity index (χ1n) is 6.69. The molecule has 0 spiro atoms. The molecule has 0 heterocycles. The van der Waals surface area contributed by atoms with Crippen LogP contribution in [-0.2, 0) is 10.2 Å². The normalized spacial score (nSPS) is 11.8. The first kappa shape index (κ1) is 20.7. The molecule has 0 radical (unpaired) electrons. The molecule has 1 aromatic rings. The number of nitrogens with one attached hydrogen (secondary N) is 2. The zero-order chi connectivity index (χ0) is 15.0. The van der Waals surface area contributed by atoms with E-state index >= 15 is 0 Å². The molecule has 0 bridgehead atoms. The Morgan fingerprint density at radius 1 is 1.24 bits per heavy atom. The van der Waals surface area contributed by atoms with Crippen molar-refractivity contribution in [2.24, 2.45) is 4.99 Å². The number of ether oxygens (including phenoxy) is 1. The second-order valence-corrected chi connectivity index (χ2v) is 6.15. The standard InChI is InChI=1S/C15H24BrN3O.HI/c1-15(2,12-5-7-13(16)8-6-12)11-19-14(17-3)18-9-10-20-4;/h5-8H,9-11H2,1-4H3,(H2,17,18,19);1H. The summed E-state index contributed by atoms with van der Waals surface area (Å²) in [4.78, 5) is 4.20. The van der Waals surface area contributed by atoms with Gasteiger partial charge in [0.05, 0.1) is 6.61 Å². The molecule has 120 valence electrons. The summed E-state index contributed by atoms with van der Waals surface area (Å²) in [6, 6.07) is 8.44. The van der Waals surface area contributed by atoms with Gasteiger partial charge in [0.15, 0.2) is 5.96 Å². The van der Waals surface area contributed by atoms with Crippen LogP contribution in [0.1, 0.15) is 19.4 Å². The Kier molecular flexibility index (Phi) is 10.2. The highest BCUT2D eigenvalue weighted by Crippen LogP contribution is 2.23. The lowest BCUT2D eigenvalue weighted by Crippen LogP contribution is -2.44. The molecular weight excluding hydrogens is 445 g/mol. The summed E-state index contributed by atoms with van der Waals surface area (Å²) in [6.07, 6.45) is 0. The average Bonchev–Trinajstić information content (AvgIpc) is 2.43. The van der Waals surface area contributed by atoms with Crippen molar-refractivity contribution in [3.8, 4) is 0 Å². The van der Waals surface area contributed by atoms with Crippen LogP contribution in [0.4, 0.5) is 0 Å². The lowest BCUT2D eigenvalue weighted by Gasteiger charge is -2.27. The van der Waals surface area contributed by atoms with E-state index in [9.17, 15) is 0 Å². The number of rotatable bonds is 6. The molecule has 0 unspecified atom stereocenters. The van der Waals surface area contributed by atoms with Crippen LogP contribution in [0.15, 0.2) is 33.7 Å². The van der Waals surface area contributed by atoms with Crippen molar-refractivity contribution < 1.29 is 4.74 Å². The van der Waals surface area contributed by atoms with E-state index in [1.165, 1.54) is 5.56 Å². The third kappa shape index (κ3) is 7.46. The minimum atomic E-state index is 0. The van der Waals surface area contributed by atoms with Crippen molar-refractivity contribution in [3.63, 3.8) is 0 Å². The highest BCUT2D eigenvalue weighted by molar-refractivity contribution is 14.0. The fraction of sp³-hybridized carbons (Fsp3) is 0.533. The van der Waals surface area contributed by atoms with Crippen LogP contribution >= 0.6 is 39.9 Å². The Morgan fingerprint density at radius 3 is 2.38 bits per heavy atom. The third-order valence-electron chi connectivity index (χ3n) is 3.15. The van der Waals surface area contributed by atoms with Gasteiger partial charge in [-0.3, -0.25) is 4.99 Å². The predicted octanol–water partition coefficient (Wildman–Crippen LogP) is 3.16. The van der Waals surface area contributed by atoms with Crippen molar-refractivity contribution >= 4 is 45.9 Å². The van der Waals surface area contributed by atoms with Gasteiger partial charge in [-0.15, -0.1) is 24.0 Å². The zero-order valence-corrected chi connectivity index (χ0v) is 17.0. The summed E-state index contributed by atoms with van der Waals surface area (Å²) in [5.74, 6) is 0.798. The number of methoxy groups -OCH3 is 1. The molecule has 21 heavy (non-hydrogen) atoms. The topological polar surface area (TPSA) is 45.7 Å². The highest BCUT2D eigenvalue weighted by atomic mass is 127. The van der Waals surface area contributed by atoms with E-state index in [1.807, 2.05) is 0 Å². The van der Waals surface area contributed by atoms with Gasteiger partial charge in [-0.2, -0.15) is 0 Å². The molecule has 0 amide bonds. The van der Waals surface area contributed by atoms with Crippen LogP contribution in [0, 0.1) is 0 Å². The van der Waals surface area contributed by atoms with E-state index < -0.39 is 0 Å². The SMILES string of the molecule is CN=C(NCCOC)NCC(C)(C)c1ccc(Br)cc1.I. The van der Waals surface area contributed by atoms with Crippen molar-refractivity contribution in [1.29, 1.82) is 0 Å². The van der Waals surface area contributed by atoms with Gasteiger partial charge in [0.1, 0.15) is 0 Å². The Morgan fingerprint density at radius 2 is 1.86 bits per heavy atom. The van der Waals surface area contributed by atoms with E-state index in [0.29, 0.717) is 6.61 Å². The van der Waals surface area contributed by atoms with Crippen LogP contribution in [0.3, 0.4) is 0 Å². The molecule has 0 aliphatic carbocycles. The fourth-order valence-corrected chi connectivity index (χ4v) is 2.06. The lowest BCUT2D eigenvalue weighted by molar-refractivity contribution is 0.203. The van der Waals surface area contributed by atoms with Gasteiger partial charge in [0.2, 0.25) is 0 Å². The minimum absolute atomic E-state index is 0. The van der Waals surface area contributed by atoms with Crippen LogP contribution in [0.5, 0.6) is 0 Å². The molecular formula is C15H25BrIN3O. The fourth-order valence-electron chi connectivity index (χ4n) is 1.80. The van der Waals surface area contributed by atoms with Crippen molar-refractivity contribution in [3.05, 3.63) is 34.3 Å². The van der Waals surface area contributed by atoms with E-state index in [0.717, 1.165) is 23.5 Å². The first-order chi connectivity index (χ1) is 9.49. The maximum Gasteiger partial charge on any atom is 0.191 e.